The Morgan fingerprint density at radius 1 is 0.929 bits per heavy atom. The third-order valence-corrected chi connectivity index (χ3v) is 9.97. The van der Waals surface area contributed by atoms with Gasteiger partial charge in [-0.1, -0.05) is 42.7 Å². The Bertz CT molecular complexity index is 1400. The van der Waals surface area contributed by atoms with E-state index in [1.54, 1.807) is 14.2 Å². The first kappa shape index (κ1) is 30.1. The highest BCUT2D eigenvalue weighted by atomic mass is 32.1. The molecular weight excluding hydrogens is 546 g/mol. The minimum absolute atomic E-state index is 0.0527. The van der Waals surface area contributed by atoms with Gasteiger partial charge < -0.3 is 20.1 Å². The monoisotopic (exact) mass is 589 g/mol. The number of methoxy groups -OCH3 is 2. The molecule has 0 saturated heterocycles. The number of amides is 2. The van der Waals surface area contributed by atoms with Crippen LogP contribution in [0.15, 0.2) is 36.5 Å². The number of hydrogen-bond donors (Lipinski definition) is 2. The molecule has 0 aliphatic heterocycles. The Morgan fingerprint density at radius 3 is 2.31 bits per heavy atom. The van der Waals surface area contributed by atoms with Crippen molar-refractivity contribution in [2.75, 3.05) is 24.9 Å². The van der Waals surface area contributed by atoms with E-state index in [1.807, 2.05) is 18.3 Å². The van der Waals surface area contributed by atoms with Crippen molar-refractivity contribution in [2.24, 2.45) is 11.8 Å². The number of carbonyl (C=O) groups excluding carboxylic acids is 2. The summed E-state index contributed by atoms with van der Waals surface area (Å²) in [6.45, 7) is 3.63. The zero-order valence-corrected chi connectivity index (χ0v) is 26.1. The molecule has 224 valence electrons. The molecule has 0 unspecified atom stereocenters. The molecule has 1 aromatic heterocycles. The van der Waals surface area contributed by atoms with E-state index in [1.165, 1.54) is 35.8 Å². The predicted octanol–water partition coefficient (Wildman–Crippen LogP) is 8.13. The molecule has 3 aromatic rings. The highest BCUT2D eigenvalue weighted by Crippen LogP contribution is 2.45. The van der Waals surface area contributed by atoms with E-state index in [0.717, 1.165) is 90.9 Å². The van der Waals surface area contributed by atoms with Crippen LogP contribution in [0.2, 0.25) is 0 Å². The van der Waals surface area contributed by atoms with Gasteiger partial charge >= 0.3 is 0 Å². The van der Waals surface area contributed by atoms with Gasteiger partial charge in [-0.05, 0) is 98.6 Å². The number of thiazole rings is 1. The molecular formula is C34H43N3O4S. The summed E-state index contributed by atoms with van der Waals surface area (Å²) in [5.41, 5.74) is 6.14. The maximum Gasteiger partial charge on any atom is 0.273 e. The Morgan fingerprint density at radius 2 is 1.67 bits per heavy atom. The van der Waals surface area contributed by atoms with Crippen LogP contribution in [0.25, 0.3) is 10.4 Å². The first-order chi connectivity index (χ1) is 20.4. The van der Waals surface area contributed by atoms with E-state index in [4.69, 9.17) is 9.47 Å². The van der Waals surface area contributed by atoms with Gasteiger partial charge in [0, 0.05) is 36.0 Å². The van der Waals surface area contributed by atoms with Gasteiger partial charge in [0.05, 0.1) is 19.1 Å². The molecule has 8 heteroatoms. The highest BCUT2D eigenvalue weighted by molar-refractivity contribution is 7.16. The fraction of sp³-hybridized carbons (Fsp3) is 0.500. The second kappa shape index (κ2) is 13.7. The lowest BCUT2D eigenvalue weighted by molar-refractivity contribution is -0.120. The molecule has 5 rings (SSSR count). The Hall–Kier alpha value is -3.39. The first-order valence-corrected chi connectivity index (χ1v) is 16.1. The molecule has 0 radical (unpaired) electrons. The summed E-state index contributed by atoms with van der Waals surface area (Å²) < 4.78 is 10.9. The molecule has 2 saturated carbocycles. The molecule has 2 aliphatic rings. The highest BCUT2D eigenvalue weighted by Gasteiger charge is 2.28. The standard InChI is InChI=1S/C34H43N3O4S/c1-21-18-26(14-17-30(21)40-3)24-12-10-23(11-13-24)19-27-28(37-33(39)25-8-6-5-7-9-25)15-16-29(36-22(2)38)32(27)31-20-35-34(41-4)42-31/h14-18,20,23-25H,5-13,19H2,1-4H3,(H,36,38)(H,37,39). The molecule has 2 aromatic carbocycles. The number of ether oxygens (including phenoxy) is 2. The van der Waals surface area contributed by atoms with Crippen molar-refractivity contribution in [3.63, 3.8) is 0 Å². The molecule has 42 heavy (non-hydrogen) atoms. The molecule has 1 heterocycles. The van der Waals surface area contributed by atoms with Crippen LogP contribution in [-0.2, 0) is 16.0 Å². The summed E-state index contributed by atoms with van der Waals surface area (Å²) in [6, 6.07) is 10.4. The van der Waals surface area contributed by atoms with Crippen molar-refractivity contribution in [1.29, 1.82) is 0 Å². The zero-order chi connectivity index (χ0) is 29.6. The van der Waals surface area contributed by atoms with Crippen LogP contribution in [0, 0.1) is 18.8 Å². The third-order valence-electron chi connectivity index (χ3n) is 8.99. The van der Waals surface area contributed by atoms with Crippen molar-refractivity contribution in [2.45, 2.75) is 84.0 Å². The molecule has 2 fully saturated rings. The Balaban J connectivity index is 1.44. The van der Waals surface area contributed by atoms with Gasteiger partial charge in [0.2, 0.25) is 11.8 Å². The lowest BCUT2D eigenvalue weighted by atomic mass is 9.75. The van der Waals surface area contributed by atoms with Crippen LogP contribution in [-0.4, -0.2) is 31.0 Å². The van der Waals surface area contributed by atoms with Gasteiger partial charge in [0.25, 0.3) is 5.19 Å². The van der Waals surface area contributed by atoms with Crippen LogP contribution < -0.4 is 20.1 Å². The summed E-state index contributed by atoms with van der Waals surface area (Å²) in [5, 5.41) is 6.93. The van der Waals surface area contributed by atoms with E-state index in [2.05, 4.69) is 40.7 Å². The van der Waals surface area contributed by atoms with Crippen molar-refractivity contribution in [3.05, 3.63) is 53.2 Å². The second-order valence-corrected chi connectivity index (χ2v) is 12.9. The molecule has 2 aliphatic carbocycles. The molecule has 2 amide bonds. The molecule has 7 nitrogen and oxygen atoms in total. The van der Waals surface area contributed by atoms with Gasteiger partial charge in [-0.2, -0.15) is 0 Å². The van der Waals surface area contributed by atoms with Crippen LogP contribution in [0.1, 0.15) is 87.3 Å². The van der Waals surface area contributed by atoms with Crippen molar-refractivity contribution >= 4 is 34.5 Å². The number of rotatable bonds is 9. The van der Waals surface area contributed by atoms with Gasteiger partial charge in [0.1, 0.15) is 5.75 Å². The van der Waals surface area contributed by atoms with Crippen LogP contribution in [0.4, 0.5) is 11.4 Å². The number of carbonyl (C=O) groups is 2. The topological polar surface area (TPSA) is 89.5 Å². The molecule has 2 N–H and O–H groups in total. The van der Waals surface area contributed by atoms with Crippen LogP contribution >= 0.6 is 11.3 Å². The SMILES string of the molecule is COc1ncc(-c2c(NC(C)=O)ccc(NC(=O)C3CCCCC3)c2CC2CCC(c3ccc(OC)c(C)c3)CC2)s1. The second-order valence-electron chi connectivity index (χ2n) is 11.9. The van der Waals surface area contributed by atoms with Crippen molar-refractivity contribution in [3.8, 4) is 21.4 Å². The number of aromatic nitrogens is 1. The number of benzene rings is 2. The van der Waals surface area contributed by atoms with E-state index < -0.39 is 0 Å². The average Bonchev–Trinajstić information content (AvgIpc) is 3.48. The first-order valence-electron chi connectivity index (χ1n) is 15.2. The summed E-state index contributed by atoms with van der Waals surface area (Å²) in [7, 11) is 3.33. The molecule has 0 bridgehead atoms. The largest absolute Gasteiger partial charge is 0.496 e. The normalized spacial score (nSPS) is 19.2. The van der Waals surface area contributed by atoms with Gasteiger partial charge in [-0.15, -0.1) is 0 Å². The lowest BCUT2D eigenvalue weighted by Crippen LogP contribution is -2.26. The molecule has 0 atom stereocenters. The Kier molecular flexibility index (Phi) is 9.83. The molecule has 0 spiro atoms. The zero-order valence-electron chi connectivity index (χ0n) is 25.3. The predicted molar refractivity (Wildman–Crippen MR) is 170 cm³/mol. The summed E-state index contributed by atoms with van der Waals surface area (Å²) in [6.07, 6.45) is 12.4. The third kappa shape index (κ3) is 6.97. The van der Waals surface area contributed by atoms with Gasteiger partial charge in [-0.3, -0.25) is 9.59 Å². The smallest absolute Gasteiger partial charge is 0.273 e. The number of anilines is 2. The number of nitrogens with zero attached hydrogens (tertiary/aromatic N) is 1. The van der Waals surface area contributed by atoms with E-state index in [9.17, 15) is 9.59 Å². The average molecular weight is 590 g/mol. The summed E-state index contributed by atoms with van der Waals surface area (Å²) in [5.74, 6) is 1.96. The fourth-order valence-electron chi connectivity index (χ4n) is 6.76. The maximum absolute atomic E-state index is 13.4. The number of hydrogen-bond acceptors (Lipinski definition) is 6. The quantitative estimate of drug-likeness (QED) is 0.263. The van der Waals surface area contributed by atoms with E-state index >= 15 is 0 Å². The number of nitrogens with one attached hydrogen (secondary N) is 2. The maximum atomic E-state index is 13.4. The lowest BCUT2D eigenvalue weighted by Gasteiger charge is -2.31. The van der Waals surface area contributed by atoms with Crippen LogP contribution in [0.3, 0.4) is 0 Å². The van der Waals surface area contributed by atoms with Crippen molar-refractivity contribution in [1.82, 2.24) is 4.98 Å². The van der Waals surface area contributed by atoms with E-state index in [0.29, 0.717) is 17.0 Å². The van der Waals surface area contributed by atoms with Gasteiger partial charge in [-0.25, -0.2) is 4.98 Å². The summed E-state index contributed by atoms with van der Waals surface area (Å²) >= 11 is 1.45. The Labute approximate surface area is 253 Å². The van der Waals surface area contributed by atoms with E-state index in [-0.39, 0.29) is 17.7 Å². The van der Waals surface area contributed by atoms with Gasteiger partial charge in [0.15, 0.2) is 0 Å². The number of aryl methyl sites for hydroxylation is 1. The fourth-order valence-corrected chi connectivity index (χ4v) is 7.58. The summed E-state index contributed by atoms with van der Waals surface area (Å²) in [4.78, 5) is 31.0. The van der Waals surface area contributed by atoms with Crippen LogP contribution in [0.5, 0.6) is 10.9 Å². The minimum atomic E-state index is -0.132. The van der Waals surface area contributed by atoms with Crippen molar-refractivity contribution < 1.29 is 19.1 Å². The minimum Gasteiger partial charge on any atom is -0.496 e.